The van der Waals surface area contributed by atoms with Gasteiger partial charge in [0.1, 0.15) is 17.4 Å². The zero-order chi connectivity index (χ0) is 17.2. The first-order chi connectivity index (χ1) is 12.3. The minimum absolute atomic E-state index is 0.187. The summed E-state index contributed by atoms with van der Waals surface area (Å²) in [5.74, 6) is 2.60. The molecule has 0 radical (unpaired) electrons. The first-order valence-electron chi connectivity index (χ1n) is 8.22. The highest BCUT2D eigenvalue weighted by Crippen LogP contribution is 2.41. The van der Waals surface area contributed by atoms with E-state index in [1.165, 1.54) is 17.8 Å². The molecule has 0 bridgehead atoms. The third kappa shape index (κ3) is 3.39. The lowest BCUT2D eigenvalue weighted by atomic mass is 10.2. The van der Waals surface area contributed by atoms with Crippen LogP contribution in [0.1, 0.15) is 30.1 Å². The number of hydrogen-bond acceptors (Lipinski definition) is 4. The van der Waals surface area contributed by atoms with Crippen molar-refractivity contribution in [3.63, 3.8) is 0 Å². The standard InChI is InChI=1S/C19H18FN3OS/c1-24-16-10-8-15(9-11-16)23-18(13-6-7-13)21-22-19(23)25-12-14-4-2-3-5-17(14)20/h2-5,8-11,13H,6-7,12H2,1H3. The second-order valence-electron chi connectivity index (χ2n) is 6.03. The fourth-order valence-corrected chi connectivity index (χ4v) is 3.66. The van der Waals surface area contributed by atoms with Gasteiger partial charge in [-0.1, -0.05) is 30.0 Å². The second kappa shape index (κ2) is 6.88. The van der Waals surface area contributed by atoms with Gasteiger partial charge < -0.3 is 4.74 Å². The molecule has 2 aromatic carbocycles. The zero-order valence-corrected chi connectivity index (χ0v) is 14.7. The summed E-state index contributed by atoms with van der Waals surface area (Å²) in [6, 6.07) is 14.7. The van der Waals surface area contributed by atoms with Gasteiger partial charge in [0, 0.05) is 17.4 Å². The molecule has 4 rings (SSSR count). The van der Waals surface area contributed by atoms with E-state index in [0.717, 1.165) is 35.3 Å². The number of methoxy groups -OCH3 is 1. The number of halogens is 1. The van der Waals surface area contributed by atoms with Gasteiger partial charge in [0.15, 0.2) is 5.16 Å². The Bertz CT molecular complexity index is 875. The summed E-state index contributed by atoms with van der Waals surface area (Å²) in [6.45, 7) is 0. The Balaban J connectivity index is 1.64. The van der Waals surface area contributed by atoms with E-state index < -0.39 is 0 Å². The maximum absolute atomic E-state index is 13.9. The van der Waals surface area contributed by atoms with Gasteiger partial charge in [-0.05, 0) is 48.7 Å². The number of hydrogen-bond donors (Lipinski definition) is 0. The van der Waals surface area contributed by atoms with E-state index in [9.17, 15) is 4.39 Å². The minimum atomic E-state index is -0.187. The normalized spacial score (nSPS) is 13.8. The lowest BCUT2D eigenvalue weighted by Gasteiger charge is -2.11. The van der Waals surface area contributed by atoms with Crippen molar-refractivity contribution >= 4 is 11.8 Å². The van der Waals surface area contributed by atoms with Gasteiger partial charge in [0.25, 0.3) is 0 Å². The zero-order valence-electron chi connectivity index (χ0n) is 13.9. The first-order valence-corrected chi connectivity index (χ1v) is 9.21. The first kappa shape index (κ1) is 16.1. The van der Waals surface area contributed by atoms with Gasteiger partial charge >= 0.3 is 0 Å². The summed E-state index contributed by atoms with van der Waals surface area (Å²) in [5.41, 5.74) is 1.67. The molecule has 3 aromatic rings. The molecule has 0 N–H and O–H groups in total. The van der Waals surface area contributed by atoms with E-state index in [4.69, 9.17) is 4.74 Å². The second-order valence-corrected chi connectivity index (χ2v) is 6.97. The number of thioether (sulfide) groups is 1. The van der Waals surface area contributed by atoms with Crippen molar-refractivity contribution in [2.45, 2.75) is 29.7 Å². The predicted octanol–water partition coefficient (Wildman–Crippen LogP) is 4.58. The van der Waals surface area contributed by atoms with Crippen molar-refractivity contribution in [2.24, 2.45) is 0 Å². The largest absolute Gasteiger partial charge is 0.497 e. The molecule has 0 atom stereocenters. The fraction of sp³-hybridized carbons (Fsp3) is 0.263. The van der Waals surface area contributed by atoms with Gasteiger partial charge in [-0.15, -0.1) is 10.2 Å². The van der Waals surface area contributed by atoms with Crippen LogP contribution in [0.15, 0.2) is 53.7 Å². The molecule has 0 saturated heterocycles. The Morgan fingerprint density at radius 1 is 1.12 bits per heavy atom. The number of rotatable bonds is 6. The summed E-state index contributed by atoms with van der Waals surface area (Å²) in [4.78, 5) is 0. The smallest absolute Gasteiger partial charge is 0.196 e. The van der Waals surface area contributed by atoms with Gasteiger partial charge in [-0.2, -0.15) is 0 Å². The summed E-state index contributed by atoms with van der Waals surface area (Å²) in [7, 11) is 1.65. The van der Waals surface area contributed by atoms with E-state index in [-0.39, 0.29) is 5.82 Å². The molecule has 1 saturated carbocycles. The predicted molar refractivity (Wildman–Crippen MR) is 95.8 cm³/mol. The van der Waals surface area contributed by atoms with Gasteiger partial charge in [-0.3, -0.25) is 4.57 Å². The molecular formula is C19H18FN3OS. The number of aromatic nitrogens is 3. The van der Waals surface area contributed by atoms with E-state index in [1.807, 2.05) is 30.3 Å². The summed E-state index contributed by atoms with van der Waals surface area (Å²) >= 11 is 1.50. The Labute approximate surface area is 150 Å². The SMILES string of the molecule is COc1ccc(-n2c(SCc3ccccc3F)nnc2C2CC2)cc1. The van der Waals surface area contributed by atoms with E-state index in [1.54, 1.807) is 19.2 Å². The number of nitrogens with zero attached hydrogens (tertiary/aromatic N) is 3. The summed E-state index contributed by atoms with van der Waals surface area (Å²) in [5, 5.41) is 9.55. The minimum Gasteiger partial charge on any atom is -0.497 e. The average molecular weight is 355 g/mol. The number of ether oxygens (including phenoxy) is 1. The Hall–Kier alpha value is -2.34. The van der Waals surface area contributed by atoms with Crippen molar-refractivity contribution in [1.29, 1.82) is 0 Å². The molecule has 1 aliphatic rings. The van der Waals surface area contributed by atoms with Crippen LogP contribution in [-0.4, -0.2) is 21.9 Å². The quantitative estimate of drug-likeness (QED) is 0.607. The third-order valence-corrected chi connectivity index (χ3v) is 5.22. The van der Waals surface area contributed by atoms with Crippen LogP contribution in [0, 0.1) is 5.82 Å². The van der Waals surface area contributed by atoms with Crippen LogP contribution in [0.5, 0.6) is 5.75 Å². The highest BCUT2D eigenvalue weighted by Gasteiger charge is 2.31. The van der Waals surface area contributed by atoms with Gasteiger partial charge in [0.05, 0.1) is 7.11 Å². The lowest BCUT2D eigenvalue weighted by Crippen LogP contribution is -2.02. The number of benzene rings is 2. The molecule has 0 aliphatic heterocycles. The molecule has 1 aliphatic carbocycles. The molecule has 1 fully saturated rings. The average Bonchev–Trinajstić information content (AvgIpc) is 3.41. The van der Waals surface area contributed by atoms with Crippen LogP contribution in [0.4, 0.5) is 4.39 Å². The summed E-state index contributed by atoms with van der Waals surface area (Å²) < 4.78 is 21.2. The molecular weight excluding hydrogens is 337 g/mol. The topological polar surface area (TPSA) is 39.9 Å². The van der Waals surface area contributed by atoms with Crippen LogP contribution in [0.2, 0.25) is 0 Å². The Kier molecular flexibility index (Phi) is 4.44. The molecule has 6 heteroatoms. The molecule has 0 amide bonds. The molecule has 25 heavy (non-hydrogen) atoms. The van der Waals surface area contributed by atoms with Crippen LogP contribution in [0.25, 0.3) is 5.69 Å². The Morgan fingerprint density at radius 2 is 1.88 bits per heavy atom. The van der Waals surface area contributed by atoms with Crippen LogP contribution in [0.3, 0.4) is 0 Å². The Morgan fingerprint density at radius 3 is 2.56 bits per heavy atom. The van der Waals surface area contributed by atoms with E-state index in [0.29, 0.717) is 17.2 Å². The van der Waals surface area contributed by atoms with Crippen molar-refractivity contribution in [3.05, 3.63) is 65.7 Å². The maximum Gasteiger partial charge on any atom is 0.196 e. The fourth-order valence-electron chi connectivity index (χ4n) is 2.71. The summed E-state index contributed by atoms with van der Waals surface area (Å²) in [6.07, 6.45) is 2.29. The van der Waals surface area contributed by atoms with Crippen molar-refractivity contribution in [1.82, 2.24) is 14.8 Å². The lowest BCUT2D eigenvalue weighted by molar-refractivity contribution is 0.414. The molecule has 1 aromatic heterocycles. The highest BCUT2D eigenvalue weighted by molar-refractivity contribution is 7.98. The monoisotopic (exact) mass is 355 g/mol. The van der Waals surface area contributed by atoms with Gasteiger partial charge in [-0.25, -0.2) is 4.39 Å². The molecule has 4 nitrogen and oxygen atoms in total. The third-order valence-electron chi connectivity index (χ3n) is 4.25. The van der Waals surface area contributed by atoms with Crippen molar-refractivity contribution < 1.29 is 9.13 Å². The molecule has 0 unspecified atom stereocenters. The van der Waals surface area contributed by atoms with Crippen molar-refractivity contribution in [3.8, 4) is 11.4 Å². The van der Waals surface area contributed by atoms with Gasteiger partial charge in [0.2, 0.25) is 0 Å². The van der Waals surface area contributed by atoms with Crippen LogP contribution < -0.4 is 4.74 Å². The highest BCUT2D eigenvalue weighted by atomic mass is 32.2. The van der Waals surface area contributed by atoms with Crippen molar-refractivity contribution in [2.75, 3.05) is 7.11 Å². The maximum atomic E-state index is 13.9. The van der Waals surface area contributed by atoms with E-state index in [2.05, 4.69) is 14.8 Å². The van der Waals surface area contributed by atoms with Crippen LogP contribution in [-0.2, 0) is 5.75 Å². The van der Waals surface area contributed by atoms with E-state index >= 15 is 0 Å². The molecule has 128 valence electrons. The molecule has 0 spiro atoms. The van der Waals surface area contributed by atoms with Crippen LogP contribution >= 0.6 is 11.8 Å². The molecule has 1 heterocycles.